The fourth-order valence-electron chi connectivity index (χ4n) is 1.43. The average Bonchev–Trinajstić information content (AvgIpc) is 2.15. The summed E-state index contributed by atoms with van der Waals surface area (Å²) in [4.78, 5) is 4.74. The van der Waals surface area contributed by atoms with Crippen molar-refractivity contribution in [2.24, 2.45) is 0 Å². The van der Waals surface area contributed by atoms with Crippen LogP contribution in [0.4, 0.5) is 0 Å². The molecule has 0 amide bonds. The van der Waals surface area contributed by atoms with Gasteiger partial charge >= 0.3 is 0 Å². The van der Waals surface area contributed by atoms with Crippen molar-refractivity contribution in [3.8, 4) is 0 Å². The van der Waals surface area contributed by atoms with Gasteiger partial charge in [-0.25, -0.2) is 0 Å². The Bertz CT molecular complexity index is 125. The van der Waals surface area contributed by atoms with Gasteiger partial charge in [0.05, 0.1) is 19.8 Å². The van der Waals surface area contributed by atoms with Gasteiger partial charge in [0, 0.05) is 32.7 Å². The minimum atomic E-state index is 0.128. The molecule has 1 aliphatic rings. The molecule has 4 heteroatoms. The van der Waals surface area contributed by atoms with Crippen LogP contribution in [0.5, 0.6) is 0 Å². The van der Waals surface area contributed by atoms with E-state index in [1.165, 1.54) is 0 Å². The third-order valence-electron chi connectivity index (χ3n) is 2.38. The van der Waals surface area contributed by atoms with E-state index in [1.807, 2.05) is 0 Å². The zero-order chi connectivity index (χ0) is 9.52. The summed E-state index contributed by atoms with van der Waals surface area (Å²) in [5.74, 6) is 0. The van der Waals surface area contributed by atoms with Crippen molar-refractivity contribution in [3.05, 3.63) is 0 Å². The molecule has 4 nitrogen and oxygen atoms in total. The lowest BCUT2D eigenvalue weighted by Gasteiger charge is -2.32. The number of rotatable bonds is 5. The van der Waals surface area contributed by atoms with Crippen molar-refractivity contribution >= 4 is 0 Å². The standard InChI is InChI=1S/C9H20N2O2/c1-10-2-4-11(5-3-10)6-8-13-9-7-12/h12H,2-9H2,1H3. The normalized spacial score (nSPS) is 20.8. The summed E-state index contributed by atoms with van der Waals surface area (Å²) in [7, 11) is 2.15. The number of hydrogen-bond acceptors (Lipinski definition) is 4. The van der Waals surface area contributed by atoms with Crippen LogP contribution in [0, 0.1) is 0 Å². The number of aliphatic hydroxyl groups is 1. The van der Waals surface area contributed by atoms with Gasteiger partial charge in [-0.2, -0.15) is 0 Å². The molecule has 0 aromatic carbocycles. The Morgan fingerprint density at radius 3 is 2.46 bits per heavy atom. The highest BCUT2D eigenvalue weighted by atomic mass is 16.5. The zero-order valence-corrected chi connectivity index (χ0v) is 8.41. The van der Waals surface area contributed by atoms with Crippen molar-refractivity contribution in [1.82, 2.24) is 9.80 Å². The van der Waals surface area contributed by atoms with Crippen LogP contribution in [0.15, 0.2) is 0 Å². The van der Waals surface area contributed by atoms with E-state index < -0.39 is 0 Å². The summed E-state index contributed by atoms with van der Waals surface area (Å²) in [6.07, 6.45) is 0. The molecule has 1 fully saturated rings. The van der Waals surface area contributed by atoms with Gasteiger partial charge in [0.25, 0.3) is 0 Å². The van der Waals surface area contributed by atoms with Gasteiger partial charge < -0.3 is 14.7 Å². The van der Waals surface area contributed by atoms with E-state index in [9.17, 15) is 0 Å². The van der Waals surface area contributed by atoms with Crippen molar-refractivity contribution in [3.63, 3.8) is 0 Å². The molecule has 0 spiro atoms. The summed E-state index contributed by atoms with van der Waals surface area (Å²) >= 11 is 0. The van der Waals surface area contributed by atoms with Crippen molar-refractivity contribution < 1.29 is 9.84 Å². The van der Waals surface area contributed by atoms with Crippen LogP contribution in [0.1, 0.15) is 0 Å². The summed E-state index contributed by atoms with van der Waals surface area (Å²) in [5.41, 5.74) is 0. The summed E-state index contributed by atoms with van der Waals surface area (Å²) in [5, 5.41) is 8.49. The van der Waals surface area contributed by atoms with Crippen LogP contribution < -0.4 is 0 Å². The largest absolute Gasteiger partial charge is 0.394 e. The molecular formula is C9H20N2O2. The second-order valence-electron chi connectivity index (χ2n) is 3.48. The highest BCUT2D eigenvalue weighted by Crippen LogP contribution is 1.97. The van der Waals surface area contributed by atoms with E-state index in [-0.39, 0.29) is 6.61 Å². The molecule has 0 radical (unpaired) electrons. The van der Waals surface area contributed by atoms with Crippen molar-refractivity contribution in [2.75, 3.05) is 59.6 Å². The zero-order valence-electron chi connectivity index (χ0n) is 8.41. The van der Waals surface area contributed by atoms with Gasteiger partial charge in [-0.3, -0.25) is 4.90 Å². The molecule has 1 aliphatic heterocycles. The first-order valence-electron chi connectivity index (χ1n) is 4.92. The minimum absolute atomic E-state index is 0.128. The minimum Gasteiger partial charge on any atom is -0.394 e. The highest BCUT2D eigenvalue weighted by Gasteiger charge is 2.12. The molecule has 0 aromatic heterocycles. The van der Waals surface area contributed by atoms with Gasteiger partial charge in [0.1, 0.15) is 0 Å². The van der Waals surface area contributed by atoms with Gasteiger partial charge in [0.15, 0.2) is 0 Å². The first-order chi connectivity index (χ1) is 6.33. The summed E-state index contributed by atoms with van der Waals surface area (Å²) < 4.78 is 5.21. The van der Waals surface area contributed by atoms with E-state index >= 15 is 0 Å². The lowest BCUT2D eigenvalue weighted by Crippen LogP contribution is -2.45. The van der Waals surface area contributed by atoms with Crippen LogP contribution in [0.25, 0.3) is 0 Å². The predicted octanol–water partition coefficient (Wildman–Crippen LogP) is -0.757. The first-order valence-corrected chi connectivity index (χ1v) is 4.92. The molecule has 78 valence electrons. The van der Waals surface area contributed by atoms with Crippen LogP contribution in [-0.2, 0) is 4.74 Å². The Labute approximate surface area is 80.1 Å². The van der Waals surface area contributed by atoms with Crippen molar-refractivity contribution in [1.29, 1.82) is 0 Å². The van der Waals surface area contributed by atoms with E-state index in [2.05, 4.69) is 16.8 Å². The van der Waals surface area contributed by atoms with Crippen molar-refractivity contribution in [2.45, 2.75) is 0 Å². The van der Waals surface area contributed by atoms with E-state index in [0.717, 1.165) is 39.3 Å². The SMILES string of the molecule is CN1CCN(CCOCCO)CC1. The molecule has 13 heavy (non-hydrogen) atoms. The molecule has 0 bridgehead atoms. The first kappa shape index (κ1) is 10.9. The number of hydrogen-bond donors (Lipinski definition) is 1. The Balaban J connectivity index is 1.96. The molecule has 0 aromatic rings. The quantitative estimate of drug-likeness (QED) is 0.576. The predicted molar refractivity (Wildman–Crippen MR) is 51.8 cm³/mol. The molecule has 0 aliphatic carbocycles. The maximum absolute atomic E-state index is 8.49. The lowest BCUT2D eigenvalue weighted by molar-refractivity contribution is 0.0613. The summed E-state index contributed by atoms with van der Waals surface area (Å²) in [6.45, 7) is 6.91. The molecule has 0 saturated carbocycles. The fourth-order valence-corrected chi connectivity index (χ4v) is 1.43. The third kappa shape index (κ3) is 4.57. The van der Waals surface area contributed by atoms with Crippen LogP contribution in [-0.4, -0.2) is 74.5 Å². The second-order valence-corrected chi connectivity index (χ2v) is 3.48. The van der Waals surface area contributed by atoms with Gasteiger partial charge in [-0.05, 0) is 7.05 Å². The maximum atomic E-state index is 8.49. The number of nitrogens with zero attached hydrogens (tertiary/aromatic N) is 2. The van der Waals surface area contributed by atoms with Crippen LogP contribution in [0.3, 0.4) is 0 Å². The van der Waals surface area contributed by atoms with Gasteiger partial charge in [-0.15, -0.1) is 0 Å². The Morgan fingerprint density at radius 1 is 1.15 bits per heavy atom. The molecule has 1 heterocycles. The highest BCUT2D eigenvalue weighted by molar-refractivity contribution is 4.68. The topological polar surface area (TPSA) is 35.9 Å². The molecule has 1 N–H and O–H groups in total. The lowest BCUT2D eigenvalue weighted by atomic mass is 10.3. The molecular weight excluding hydrogens is 168 g/mol. The Hall–Kier alpha value is -0.160. The van der Waals surface area contributed by atoms with E-state index in [4.69, 9.17) is 9.84 Å². The number of ether oxygens (including phenoxy) is 1. The third-order valence-corrected chi connectivity index (χ3v) is 2.38. The number of piperazine rings is 1. The van der Waals surface area contributed by atoms with Crippen LogP contribution >= 0.6 is 0 Å². The van der Waals surface area contributed by atoms with E-state index in [1.54, 1.807) is 0 Å². The van der Waals surface area contributed by atoms with E-state index in [0.29, 0.717) is 6.61 Å². The Morgan fingerprint density at radius 2 is 1.85 bits per heavy atom. The fraction of sp³-hybridized carbons (Fsp3) is 1.00. The second kappa shape index (κ2) is 6.32. The number of likely N-dealkylation sites (N-methyl/N-ethyl adjacent to an activating group) is 1. The maximum Gasteiger partial charge on any atom is 0.0698 e. The molecule has 1 rings (SSSR count). The summed E-state index contributed by atoms with van der Waals surface area (Å²) in [6, 6.07) is 0. The van der Waals surface area contributed by atoms with Gasteiger partial charge in [-0.1, -0.05) is 0 Å². The van der Waals surface area contributed by atoms with Gasteiger partial charge in [0.2, 0.25) is 0 Å². The monoisotopic (exact) mass is 188 g/mol. The average molecular weight is 188 g/mol. The molecule has 1 saturated heterocycles. The smallest absolute Gasteiger partial charge is 0.0698 e. The molecule has 0 atom stereocenters. The number of aliphatic hydroxyl groups excluding tert-OH is 1. The van der Waals surface area contributed by atoms with Crippen LogP contribution in [0.2, 0.25) is 0 Å². The Kier molecular flexibility index (Phi) is 5.31. The molecule has 0 unspecified atom stereocenters.